The molecule has 0 spiro atoms. The molecule has 0 radical (unpaired) electrons. The van der Waals surface area contributed by atoms with E-state index in [0.29, 0.717) is 33.4 Å². The summed E-state index contributed by atoms with van der Waals surface area (Å²) in [6.45, 7) is 5.33. The molecule has 0 saturated carbocycles. The zero-order valence-electron chi connectivity index (χ0n) is 18.2. The molecule has 10 nitrogen and oxygen atoms in total. The van der Waals surface area contributed by atoms with Crippen LogP contribution in [0.1, 0.15) is 16.7 Å². The van der Waals surface area contributed by atoms with E-state index in [1.165, 1.54) is 13.1 Å². The highest BCUT2D eigenvalue weighted by molar-refractivity contribution is 7.86. The highest BCUT2D eigenvalue weighted by Crippen LogP contribution is 2.44. The Bertz CT molecular complexity index is 1410. The van der Waals surface area contributed by atoms with E-state index in [0.717, 1.165) is 11.1 Å². The average Bonchev–Trinajstić information content (AvgIpc) is 2.72. The Morgan fingerprint density at radius 3 is 1.88 bits per heavy atom. The third-order valence-electron chi connectivity index (χ3n) is 4.94. The lowest BCUT2D eigenvalue weighted by Crippen LogP contribution is -1.99. The maximum absolute atomic E-state index is 12.1. The molecule has 3 rings (SSSR count). The second kappa shape index (κ2) is 8.89. The molecule has 0 unspecified atom stereocenters. The highest BCUT2D eigenvalue weighted by atomic mass is 32.2. The van der Waals surface area contributed by atoms with Crippen LogP contribution in [-0.2, 0) is 10.1 Å². The number of hydrogen-bond acceptors (Lipinski definition) is 9. The summed E-state index contributed by atoms with van der Waals surface area (Å²) in [7, 11) is -1.64. The third kappa shape index (κ3) is 4.39. The molecule has 0 heterocycles. The van der Waals surface area contributed by atoms with E-state index in [4.69, 9.17) is 0 Å². The van der Waals surface area contributed by atoms with Crippen molar-refractivity contribution in [3.8, 4) is 5.75 Å². The van der Waals surface area contributed by atoms with E-state index in [-0.39, 0.29) is 5.69 Å². The Morgan fingerprint density at radius 1 is 0.750 bits per heavy atom. The maximum Gasteiger partial charge on any atom is 0.296 e. The van der Waals surface area contributed by atoms with Gasteiger partial charge in [0.1, 0.15) is 10.6 Å². The highest BCUT2D eigenvalue weighted by Gasteiger charge is 2.23. The van der Waals surface area contributed by atoms with E-state index in [1.54, 1.807) is 45.2 Å². The number of phenols is 1. The van der Waals surface area contributed by atoms with E-state index >= 15 is 0 Å². The van der Waals surface area contributed by atoms with Crippen LogP contribution in [0.4, 0.5) is 22.7 Å². The van der Waals surface area contributed by atoms with Crippen LogP contribution >= 0.6 is 0 Å². The Labute approximate surface area is 185 Å². The molecular formula is C21H22N6O4S. The monoisotopic (exact) mass is 454 g/mol. The Balaban J connectivity index is 2.26. The van der Waals surface area contributed by atoms with Crippen LogP contribution in [0.25, 0.3) is 10.8 Å². The molecule has 0 aliphatic carbocycles. The first-order valence-electron chi connectivity index (χ1n) is 9.48. The minimum absolute atomic E-state index is 0.338. The fourth-order valence-electron chi connectivity index (χ4n) is 3.28. The number of fused-ring (bicyclic) bond motifs is 1. The fourth-order valence-corrected chi connectivity index (χ4v) is 3.92. The zero-order chi connectivity index (χ0) is 23.6. The Hall–Kier alpha value is -3.57. The predicted octanol–water partition coefficient (Wildman–Crippen LogP) is 6.56. The standard InChI is InChI=1S/C21H22N6O4S/c1-11-9-18(12(2)8-17(11)25-23-5)26-27-20-19(32(29,30)31)10-15-13(3)16(24-22-4)7-6-14(15)21(20)28/h6-10,28H,1-5H3,(H,29,30,31). The lowest BCUT2D eigenvalue weighted by Gasteiger charge is -2.12. The number of benzene rings is 3. The van der Waals surface area contributed by atoms with Crippen molar-refractivity contribution in [3.63, 3.8) is 0 Å². The summed E-state index contributed by atoms with van der Waals surface area (Å²) in [5.41, 5.74) is 3.37. The summed E-state index contributed by atoms with van der Waals surface area (Å²) >= 11 is 0. The smallest absolute Gasteiger partial charge is 0.296 e. The molecule has 0 aliphatic rings. The number of phenolic OH excluding ortho intramolecular Hbond substituents is 1. The first kappa shape index (κ1) is 23.1. The van der Waals surface area contributed by atoms with Gasteiger partial charge in [0, 0.05) is 19.5 Å². The summed E-state index contributed by atoms with van der Waals surface area (Å²) in [5.74, 6) is -0.423. The second-order valence-electron chi connectivity index (χ2n) is 7.08. The normalized spacial score (nSPS) is 12.7. The molecule has 0 saturated heterocycles. The van der Waals surface area contributed by atoms with Gasteiger partial charge in [-0.05, 0) is 73.2 Å². The van der Waals surface area contributed by atoms with Gasteiger partial charge in [-0.15, -0.1) is 5.11 Å². The summed E-state index contributed by atoms with van der Waals surface area (Å²) in [5, 5.41) is 35.2. The van der Waals surface area contributed by atoms with Crippen molar-refractivity contribution in [1.82, 2.24) is 0 Å². The van der Waals surface area contributed by atoms with Crippen molar-refractivity contribution in [3.05, 3.63) is 47.0 Å². The van der Waals surface area contributed by atoms with E-state index in [9.17, 15) is 18.1 Å². The fraction of sp³-hybridized carbons (Fsp3) is 0.238. The van der Waals surface area contributed by atoms with Gasteiger partial charge >= 0.3 is 0 Å². The topological polar surface area (TPSA) is 149 Å². The van der Waals surface area contributed by atoms with Crippen LogP contribution in [0.15, 0.2) is 65.9 Å². The summed E-state index contributed by atoms with van der Waals surface area (Å²) in [6.07, 6.45) is 0. The van der Waals surface area contributed by atoms with Crippen molar-refractivity contribution >= 4 is 43.6 Å². The van der Waals surface area contributed by atoms with Crippen molar-refractivity contribution in [2.45, 2.75) is 25.7 Å². The number of azo groups is 3. The van der Waals surface area contributed by atoms with E-state index < -0.39 is 20.8 Å². The predicted molar refractivity (Wildman–Crippen MR) is 121 cm³/mol. The molecule has 11 heteroatoms. The molecule has 0 amide bonds. The Morgan fingerprint density at radius 2 is 1.31 bits per heavy atom. The molecule has 3 aromatic rings. The average molecular weight is 455 g/mol. The molecule has 0 aromatic heterocycles. The second-order valence-corrected chi connectivity index (χ2v) is 8.47. The van der Waals surface area contributed by atoms with Gasteiger partial charge < -0.3 is 5.11 Å². The van der Waals surface area contributed by atoms with Crippen LogP contribution in [0.5, 0.6) is 5.75 Å². The van der Waals surface area contributed by atoms with Gasteiger partial charge in [0.25, 0.3) is 10.1 Å². The maximum atomic E-state index is 12.1. The molecule has 0 atom stereocenters. The molecule has 3 aromatic carbocycles. The van der Waals surface area contributed by atoms with E-state index in [1.807, 2.05) is 6.92 Å². The van der Waals surface area contributed by atoms with Gasteiger partial charge in [-0.25, -0.2) is 0 Å². The number of hydrogen-bond donors (Lipinski definition) is 2. The number of nitrogens with zero attached hydrogens (tertiary/aromatic N) is 6. The summed E-state index contributed by atoms with van der Waals surface area (Å²) in [4.78, 5) is -0.564. The van der Waals surface area contributed by atoms with E-state index in [2.05, 4.69) is 30.7 Å². The first-order valence-corrected chi connectivity index (χ1v) is 10.9. The van der Waals surface area contributed by atoms with Crippen LogP contribution in [0, 0.1) is 20.8 Å². The van der Waals surface area contributed by atoms with Crippen LogP contribution < -0.4 is 0 Å². The SMILES string of the molecule is CN=Nc1cc(C)c(N=Nc2c(S(=O)(=O)O)cc3c(C)c(N=NC)ccc3c2O)cc1C. The summed E-state index contributed by atoms with van der Waals surface area (Å²) in [6, 6.07) is 7.96. The molecule has 0 aliphatic heterocycles. The molecule has 2 N–H and O–H groups in total. The summed E-state index contributed by atoms with van der Waals surface area (Å²) < 4.78 is 34.0. The van der Waals surface area contributed by atoms with Gasteiger partial charge in [0.15, 0.2) is 5.75 Å². The van der Waals surface area contributed by atoms with Crippen molar-refractivity contribution in [2.24, 2.45) is 30.7 Å². The molecule has 0 bridgehead atoms. The van der Waals surface area contributed by atoms with Crippen molar-refractivity contribution in [2.75, 3.05) is 14.1 Å². The van der Waals surface area contributed by atoms with Crippen molar-refractivity contribution in [1.29, 1.82) is 0 Å². The van der Waals surface area contributed by atoms with Crippen LogP contribution in [-0.4, -0.2) is 32.2 Å². The molecular weight excluding hydrogens is 432 g/mol. The number of aryl methyl sites for hydroxylation is 3. The van der Waals surface area contributed by atoms with Crippen molar-refractivity contribution < 1.29 is 18.1 Å². The van der Waals surface area contributed by atoms with Crippen LogP contribution in [0.3, 0.4) is 0 Å². The van der Waals surface area contributed by atoms with Gasteiger partial charge in [-0.2, -0.15) is 34.0 Å². The van der Waals surface area contributed by atoms with Crippen LogP contribution in [0.2, 0.25) is 0 Å². The number of aromatic hydroxyl groups is 1. The molecule has 166 valence electrons. The van der Waals surface area contributed by atoms with Gasteiger partial charge in [0.05, 0.1) is 17.1 Å². The Kier molecular flexibility index (Phi) is 6.42. The first-order chi connectivity index (χ1) is 15.1. The van der Waals surface area contributed by atoms with Gasteiger partial charge in [-0.1, -0.05) is 0 Å². The number of rotatable bonds is 5. The molecule has 0 fully saturated rings. The molecule has 32 heavy (non-hydrogen) atoms. The lowest BCUT2D eigenvalue weighted by atomic mass is 10.0. The van der Waals surface area contributed by atoms with Gasteiger partial charge in [0.2, 0.25) is 0 Å². The lowest BCUT2D eigenvalue weighted by molar-refractivity contribution is 0.472. The van der Waals surface area contributed by atoms with Gasteiger partial charge in [-0.3, -0.25) is 4.55 Å². The third-order valence-corrected chi connectivity index (χ3v) is 5.81. The minimum Gasteiger partial charge on any atom is -0.505 e. The quantitative estimate of drug-likeness (QED) is 0.331. The largest absolute Gasteiger partial charge is 0.505 e. The zero-order valence-corrected chi connectivity index (χ0v) is 19.0. The minimum atomic E-state index is -4.72.